The van der Waals surface area contributed by atoms with E-state index in [1.54, 1.807) is 0 Å². The molecule has 7 heteroatoms. The Bertz CT molecular complexity index is 818. The van der Waals surface area contributed by atoms with Gasteiger partial charge in [-0.25, -0.2) is 0 Å². The van der Waals surface area contributed by atoms with E-state index >= 15 is 0 Å². The van der Waals surface area contributed by atoms with Crippen LogP contribution in [0.3, 0.4) is 0 Å². The van der Waals surface area contributed by atoms with E-state index in [0.717, 1.165) is 37.6 Å². The van der Waals surface area contributed by atoms with Crippen LogP contribution in [-0.2, 0) is 4.79 Å². The van der Waals surface area contributed by atoms with Crippen LogP contribution in [0, 0.1) is 19.3 Å². The summed E-state index contributed by atoms with van der Waals surface area (Å²) in [6.45, 7) is 6.10. The van der Waals surface area contributed by atoms with Crippen LogP contribution in [-0.4, -0.2) is 45.6 Å². The van der Waals surface area contributed by atoms with E-state index in [9.17, 15) is 4.79 Å². The number of piperidine rings is 1. The van der Waals surface area contributed by atoms with Crippen molar-refractivity contribution in [2.75, 3.05) is 24.5 Å². The molecule has 1 atom stereocenters. The highest BCUT2D eigenvalue weighted by atomic mass is 32.2. The van der Waals surface area contributed by atoms with Crippen molar-refractivity contribution in [3.8, 4) is 18.0 Å². The van der Waals surface area contributed by atoms with Gasteiger partial charge >= 0.3 is 0 Å². The average molecular weight is 384 g/mol. The van der Waals surface area contributed by atoms with Crippen molar-refractivity contribution in [2.45, 2.75) is 43.5 Å². The van der Waals surface area contributed by atoms with E-state index in [0.29, 0.717) is 5.16 Å². The van der Waals surface area contributed by atoms with Gasteiger partial charge in [0.2, 0.25) is 11.9 Å². The molecule has 1 N–H and O–H groups in total. The molecule has 0 aliphatic carbocycles. The Morgan fingerprint density at radius 3 is 2.63 bits per heavy atom. The van der Waals surface area contributed by atoms with Gasteiger partial charge in [-0.1, -0.05) is 35.4 Å². The fourth-order valence-electron chi connectivity index (χ4n) is 3.05. The normalized spacial score (nSPS) is 15.2. The highest BCUT2D eigenvalue weighted by Crippen LogP contribution is 2.30. The summed E-state index contributed by atoms with van der Waals surface area (Å²) in [5, 5.41) is 12.0. The average Bonchev–Trinajstić information content (AvgIpc) is 3.10. The number of aryl methyl sites for hydroxylation is 1. The quantitative estimate of drug-likeness (QED) is 0.614. The lowest BCUT2D eigenvalue weighted by Crippen LogP contribution is -2.32. The van der Waals surface area contributed by atoms with E-state index in [1.165, 1.54) is 23.7 Å². The number of nitrogens with zero attached hydrogens (tertiary/aromatic N) is 4. The van der Waals surface area contributed by atoms with Gasteiger partial charge in [-0.15, -0.1) is 16.6 Å². The van der Waals surface area contributed by atoms with Crippen LogP contribution in [0.5, 0.6) is 0 Å². The first-order valence-corrected chi connectivity index (χ1v) is 10.1. The molecule has 6 nitrogen and oxygen atoms in total. The summed E-state index contributed by atoms with van der Waals surface area (Å²) in [6, 6.07) is 8.29. The highest BCUT2D eigenvalue weighted by Gasteiger charge is 2.24. The van der Waals surface area contributed by atoms with Gasteiger partial charge in [0.1, 0.15) is 0 Å². The van der Waals surface area contributed by atoms with E-state index in [1.807, 2.05) is 6.92 Å². The molecule has 0 radical (unpaired) electrons. The number of terminal acetylenes is 1. The van der Waals surface area contributed by atoms with Crippen LogP contribution in [0.4, 0.5) is 5.95 Å². The van der Waals surface area contributed by atoms with Crippen LogP contribution in [0.25, 0.3) is 5.69 Å². The van der Waals surface area contributed by atoms with Gasteiger partial charge in [0.25, 0.3) is 0 Å². The summed E-state index contributed by atoms with van der Waals surface area (Å²) in [7, 11) is 0. The summed E-state index contributed by atoms with van der Waals surface area (Å²) < 4.78 is 2.06. The summed E-state index contributed by atoms with van der Waals surface area (Å²) in [4.78, 5) is 14.5. The Balaban J connectivity index is 1.91. The smallest absolute Gasteiger partial charge is 0.234 e. The SMILES string of the molecule is C#CCNC(=O)C(C)Sc1nnc(N2CCCCC2)n1-c1ccc(C)cc1. The van der Waals surface area contributed by atoms with Crippen LogP contribution < -0.4 is 10.2 Å². The van der Waals surface area contributed by atoms with E-state index < -0.39 is 0 Å². The Labute approximate surface area is 164 Å². The maximum absolute atomic E-state index is 12.2. The summed E-state index contributed by atoms with van der Waals surface area (Å²) in [6.07, 6.45) is 8.80. The summed E-state index contributed by atoms with van der Waals surface area (Å²) in [5.74, 6) is 3.17. The van der Waals surface area contributed by atoms with Crippen LogP contribution >= 0.6 is 11.8 Å². The van der Waals surface area contributed by atoms with Gasteiger partial charge in [0.15, 0.2) is 5.16 Å². The molecule has 0 bridgehead atoms. The number of carbonyl (C=O) groups excluding carboxylic acids is 1. The lowest BCUT2D eigenvalue weighted by Gasteiger charge is -2.28. The number of rotatable bonds is 6. The van der Waals surface area contributed by atoms with Gasteiger partial charge in [0, 0.05) is 13.1 Å². The van der Waals surface area contributed by atoms with Crippen molar-refractivity contribution in [1.82, 2.24) is 20.1 Å². The maximum Gasteiger partial charge on any atom is 0.234 e. The lowest BCUT2D eigenvalue weighted by atomic mass is 10.1. The van der Waals surface area contributed by atoms with Gasteiger partial charge in [-0.2, -0.15) is 0 Å². The molecule has 0 saturated carbocycles. The minimum atomic E-state index is -0.319. The number of thioether (sulfide) groups is 1. The van der Waals surface area contributed by atoms with Crippen molar-refractivity contribution in [2.24, 2.45) is 0 Å². The zero-order valence-corrected chi connectivity index (χ0v) is 16.6. The molecule has 0 spiro atoms. The Hall–Kier alpha value is -2.46. The van der Waals surface area contributed by atoms with Crippen molar-refractivity contribution in [3.05, 3.63) is 29.8 Å². The second-order valence-corrected chi connectivity index (χ2v) is 7.99. The molecule has 1 aliphatic heterocycles. The van der Waals surface area contributed by atoms with Crippen LogP contribution in [0.1, 0.15) is 31.7 Å². The number of amides is 1. The number of hydrogen-bond acceptors (Lipinski definition) is 5. The highest BCUT2D eigenvalue weighted by molar-refractivity contribution is 8.00. The maximum atomic E-state index is 12.2. The standard InChI is InChI=1S/C20H25N5OS/c1-4-12-21-18(26)16(3)27-20-23-22-19(24-13-6-5-7-14-24)25(20)17-10-8-15(2)9-11-17/h1,8-11,16H,5-7,12-14H2,2-3H3,(H,21,26). The van der Waals surface area contributed by atoms with Crippen LogP contribution in [0.2, 0.25) is 0 Å². The van der Waals surface area contributed by atoms with Gasteiger partial charge in [0.05, 0.1) is 17.5 Å². The number of benzene rings is 1. The zero-order chi connectivity index (χ0) is 19.2. The third-order valence-corrected chi connectivity index (χ3v) is 5.61. The number of hydrogen-bond donors (Lipinski definition) is 1. The molecule has 1 unspecified atom stereocenters. The molecule has 2 aromatic rings. The van der Waals surface area contributed by atoms with Gasteiger partial charge < -0.3 is 10.2 Å². The topological polar surface area (TPSA) is 63.1 Å². The van der Waals surface area contributed by atoms with Crippen LogP contribution in [0.15, 0.2) is 29.4 Å². The first-order valence-electron chi connectivity index (χ1n) is 9.25. The zero-order valence-electron chi connectivity index (χ0n) is 15.8. The molecule has 2 heterocycles. The number of aromatic nitrogens is 3. The van der Waals surface area contributed by atoms with Crippen molar-refractivity contribution < 1.29 is 4.79 Å². The molecule has 1 fully saturated rings. The number of carbonyl (C=O) groups is 1. The van der Waals surface area contributed by atoms with Crippen molar-refractivity contribution in [3.63, 3.8) is 0 Å². The molecule has 27 heavy (non-hydrogen) atoms. The van der Waals surface area contributed by atoms with E-state index in [2.05, 4.69) is 62.1 Å². The first kappa shape index (κ1) is 19.3. The third kappa shape index (κ3) is 4.64. The van der Waals surface area contributed by atoms with E-state index in [4.69, 9.17) is 6.42 Å². The molecule has 1 aliphatic rings. The second kappa shape index (κ2) is 8.96. The fourth-order valence-corrected chi connectivity index (χ4v) is 3.94. The Kier molecular flexibility index (Phi) is 6.40. The minimum absolute atomic E-state index is 0.101. The molecule has 1 amide bonds. The van der Waals surface area contributed by atoms with Gasteiger partial charge in [-0.05, 0) is 45.2 Å². The lowest BCUT2D eigenvalue weighted by molar-refractivity contribution is -0.120. The Morgan fingerprint density at radius 2 is 1.96 bits per heavy atom. The molecular weight excluding hydrogens is 358 g/mol. The first-order chi connectivity index (χ1) is 13.1. The number of nitrogens with one attached hydrogen (secondary N) is 1. The Morgan fingerprint density at radius 1 is 1.26 bits per heavy atom. The molecule has 142 valence electrons. The number of anilines is 1. The fraction of sp³-hybridized carbons (Fsp3) is 0.450. The van der Waals surface area contributed by atoms with Crippen molar-refractivity contribution >= 4 is 23.6 Å². The second-order valence-electron chi connectivity index (χ2n) is 6.68. The molecule has 3 rings (SSSR count). The predicted molar refractivity (Wildman–Crippen MR) is 109 cm³/mol. The predicted octanol–water partition coefficient (Wildman–Crippen LogP) is 2.80. The monoisotopic (exact) mass is 383 g/mol. The van der Waals surface area contributed by atoms with E-state index in [-0.39, 0.29) is 17.7 Å². The molecular formula is C20H25N5OS. The largest absolute Gasteiger partial charge is 0.344 e. The molecule has 1 aromatic carbocycles. The third-order valence-electron chi connectivity index (χ3n) is 4.56. The summed E-state index contributed by atoms with van der Waals surface area (Å²) >= 11 is 1.39. The van der Waals surface area contributed by atoms with Gasteiger partial charge in [-0.3, -0.25) is 9.36 Å². The van der Waals surface area contributed by atoms with Crippen molar-refractivity contribution in [1.29, 1.82) is 0 Å². The molecule has 1 saturated heterocycles. The molecule has 1 aromatic heterocycles. The minimum Gasteiger partial charge on any atom is -0.344 e. The summed E-state index contributed by atoms with van der Waals surface area (Å²) in [5.41, 5.74) is 2.20.